The summed E-state index contributed by atoms with van der Waals surface area (Å²) >= 11 is 5.86. The third kappa shape index (κ3) is 3.88. The number of nitro groups is 1. The Kier molecular flexibility index (Phi) is 4.66. The highest BCUT2D eigenvalue weighted by Gasteiger charge is 2.07. The summed E-state index contributed by atoms with van der Waals surface area (Å²) in [6.45, 7) is 0. The van der Waals surface area contributed by atoms with Gasteiger partial charge in [0.1, 0.15) is 0 Å². The van der Waals surface area contributed by atoms with Gasteiger partial charge >= 0.3 is 5.97 Å². The molecule has 17 heavy (non-hydrogen) atoms. The van der Waals surface area contributed by atoms with Crippen LogP contribution in [0.15, 0.2) is 24.3 Å². The molecule has 0 unspecified atom stereocenters. The van der Waals surface area contributed by atoms with E-state index in [4.69, 9.17) is 11.6 Å². The summed E-state index contributed by atoms with van der Waals surface area (Å²) < 4.78 is 4.45. The number of non-ortho nitro benzene ring substituents is 1. The molecular formula is C11H10ClNO4. The fourth-order valence-electron chi connectivity index (χ4n) is 1.14. The third-order valence-electron chi connectivity index (χ3n) is 2.00. The molecular weight excluding hydrogens is 246 g/mol. The van der Waals surface area contributed by atoms with Crippen molar-refractivity contribution in [2.24, 2.45) is 0 Å². The SMILES string of the molecule is COC(=O)CC=Cc1cc([N+](=O)[O-])ccc1Cl. The molecule has 0 bridgehead atoms. The minimum atomic E-state index is -0.506. The zero-order valence-electron chi connectivity index (χ0n) is 9.05. The Bertz CT molecular complexity index is 471. The molecule has 6 heteroatoms. The molecule has 1 aromatic rings. The van der Waals surface area contributed by atoms with Gasteiger partial charge in [0.25, 0.3) is 5.69 Å². The standard InChI is InChI=1S/C11H10ClNO4/c1-17-11(14)4-2-3-8-7-9(13(15)16)5-6-10(8)12/h2-3,5-7H,4H2,1H3. The van der Waals surface area contributed by atoms with Crippen LogP contribution < -0.4 is 0 Å². The van der Waals surface area contributed by atoms with Crippen LogP contribution in [0.3, 0.4) is 0 Å². The number of hydrogen-bond acceptors (Lipinski definition) is 4. The quantitative estimate of drug-likeness (QED) is 0.471. The maximum atomic E-state index is 10.8. The number of rotatable bonds is 4. The Morgan fingerprint density at radius 1 is 1.59 bits per heavy atom. The number of halogens is 1. The molecule has 0 radical (unpaired) electrons. The van der Waals surface area contributed by atoms with Gasteiger partial charge in [-0.2, -0.15) is 0 Å². The topological polar surface area (TPSA) is 69.4 Å². The molecule has 0 aliphatic carbocycles. The molecule has 1 aromatic carbocycles. The molecule has 0 aromatic heterocycles. The predicted molar refractivity (Wildman–Crippen MR) is 63.8 cm³/mol. The monoisotopic (exact) mass is 255 g/mol. The summed E-state index contributed by atoms with van der Waals surface area (Å²) in [6, 6.07) is 4.10. The van der Waals surface area contributed by atoms with Crippen molar-refractivity contribution in [3.8, 4) is 0 Å². The van der Waals surface area contributed by atoms with E-state index in [0.717, 1.165) is 0 Å². The first kappa shape index (κ1) is 13.2. The number of hydrogen-bond donors (Lipinski definition) is 0. The Morgan fingerprint density at radius 2 is 2.29 bits per heavy atom. The smallest absolute Gasteiger partial charge is 0.309 e. The molecule has 0 aliphatic heterocycles. The van der Waals surface area contributed by atoms with Crippen molar-refractivity contribution in [1.29, 1.82) is 0 Å². The van der Waals surface area contributed by atoms with Gasteiger partial charge in [0.05, 0.1) is 18.5 Å². The second-order valence-corrected chi connectivity index (χ2v) is 3.55. The van der Waals surface area contributed by atoms with Crippen molar-refractivity contribution < 1.29 is 14.5 Å². The van der Waals surface area contributed by atoms with Crippen LogP contribution in [0.4, 0.5) is 5.69 Å². The molecule has 0 spiro atoms. The average molecular weight is 256 g/mol. The first-order valence-corrected chi connectivity index (χ1v) is 5.09. The molecule has 0 saturated heterocycles. The summed E-state index contributed by atoms with van der Waals surface area (Å²) in [5, 5.41) is 10.9. The lowest BCUT2D eigenvalue weighted by Crippen LogP contribution is -1.96. The van der Waals surface area contributed by atoms with Gasteiger partial charge in [0.2, 0.25) is 0 Å². The first-order valence-electron chi connectivity index (χ1n) is 4.72. The maximum Gasteiger partial charge on any atom is 0.309 e. The van der Waals surface area contributed by atoms with Gasteiger partial charge in [0, 0.05) is 17.2 Å². The number of methoxy groups -OCH3 is 1. The van der Waals surface area contributed by atoms with Crippen molar-refractivity contribution in [3.05, 3.63) is 45.0 Å². The molecule has 1 rings (SSSR count). The minimum absolute atomic E-state index is 0.0490. The van der Waals surface area contributed by atoms with Gasteiger partial charge < -0.3 is 4.74 Å². The van der Waals surface area contributed by atoms with E-state index in [2.05, 4.69) is 4.74 Å². The van der Waals surface area contributed by atoms with Gasteiger partial charge in [-0.25, -0.2) is 0 Å². The number of carbonyl (C=O) groups is 1. The number of nitro benzene ring substituents is 1. The van der Waals surface area contributed by atoms with Crippen LogP contribution in [0, 0.1) is 10.1 Å². The van der Waals surface area contributed by atoms with Crippen LogP contribution in [0.2, 0.25) is 5.02 Å². The molecule has 5 nitrogen and oxygen atoms in total. The molecule has 0 fully saturated rings. The van der Waals surface area contributed by atoms with Crippen molar-refractivity contribution >= 4 is 29.3 Å². The number of ether oxygens (including phenoxy) is 1. The van der Waals surface area contributed by atoms with Crippen LogP contribution in [-0.2, 0) is 9.53 Å². The third-order valence-corrected chi connectivity index (χ3v) is 2.34. The van der Waals surface area contributed by atoms with Crippen LogP contribution in [0.5, 0.6) is 0 Å². The van der Waals surface area contributed by atoms with Crippen LogP contribution in [-0.4, -0.2) is 18.0 Å². The van der Waals surface area contributed by atoms with Crippen molar-refractivity contribution in [1.82, 2.24) is 0 Å². The zero-order chi connectivity index (χ0) is 12.8. The molecule has 0 amide bonds. The fraction of sp³-hybridized carbons (Fsp3) is 0.182. The molecule has 0 N–H and O–H groups in total. The lowest BCUT2D eigenvalue weighted by atomic mass is 10.2. The minimum Gasteiger partial charge on any atom is -0.469 e. The molecule has 0 aliphatic rings. The maximum absolute atomic E-state index is 10.8. The second kappa shape index (κ2) is 6.00. The number of nitrogens with zero attached hydrogens (tertiary/aromatic N) is 1. The van der Waals surface area contributed by atoms with Gasteiger partial charge in [-0.15, -0.1) is 0 Å². The summed E-state index contributed by atoms with van der Waals surface area (Å²) in [5.41, 5.74) is 0.442. The largest absolute Gasteiger partial charge is 0.469 e. The van der Waals surface area contributed by atoms with E-state index >= 15 is 0 Å². The van der Waals surface area contributed by atoms with Gasteiger partial charge in [-0.05, 0) is 11.6 Å². The predicted octanol–water partition coefficient (Wildman–Crippen LogP) is 2.82. The highest BCUT2D eigenvalue weighted by molar-refractivity contribution is 6.32. The summed E-state index contributed by atoms with van der Waals surface area (Å²) in [7, 11) is 1.29. The summed E-state index contributed by atoms with van der Waals surface area (Å²) in [5.74, 6) is -0.386. The highest BCUT2D eigenvalue weighted by atomic mass is 35.5. The van der Waals surface area contributed by atoms with Gasteiger partial charge in [-0.3, -0.25) is 14.9 Å². The Hall–Kier alpha value is -1.88. The van der Waals surface area contributed by atoms with E-state index < -0.39 is 4.92 Å². The number of benzene rings is 1. The van der Waals surface area contributed by atoms with Crippen molar-refractivity contribution in [3.63, 3.8) is 0 Å². The lowest BCUT2D eigenvalue weighted by Gasteiger charge is -1.98. The number of carbonyl (C=O) groups excluding carboxylic acids is 1. The highest BCUT2D eigenvalue weighted by Crippen LogP contribution is 2.23. The van der Waals surface area contributed by atoms with Gasteiger partial charge in [0.15, 0.2) is 0 Å². The zero-order valence-corrected chi connectivity index (χ0v) is 9.81. The fourth-order valence-corrected chi connectivity index (χ4v) is 1.32. The Balaban J connectivity index is 2.86. The number of esters is 1. The van der Waals surface area contributed by atoms with Crippen LogP contribution in [0.1, 0.15) is 12.0 Å². The normalized spacial score (nSPS) is 10.5. The van der Waals surface area contributed by atoms with Crippen molar-refractivity contribution in [2.75, 3.05) is 7.11 Å². The van der Waals surface area contributed by atoms with Crippen LogP contribution in [0.25, 0.3) is 6.08 Å². The molecule has 0 saturated carbocycles. The molecule has 0 atom stereocenters. The van der Waals surface area contributed by atoms with E-state index in [1.807, 2.05) is 0 Å². The Morgan fingerprint density at radius 3 is 2.88 bits per heavy atom. The molecule has 0 heterocycles. The lowest BCUT2D eigenvalue weighted by molar-refractivity contribution is -0.384. The average Bonchev–Trinajstić information content (AvgIpc) is 2.30. The van der Waals surface area contributed by atoms with E-state index in [0.29, 0.717) is 10.6 Å². The second-order valence-electron chi connectivity index (χ2n) is 3.15. The summed E-state index contributed by atoms with van der Waals surface area (Å²) in [6.07, 6.45) is 3.18. The van der Waals surface area contributed by atoms with E-state index in [9.17, 15) is 14.9 Å². The van der Waals surface area contributed by atoms with Crippen LogP contribution >= 0.6 is 11.6 Å². The summed E-state index contributed by atoms with van der Waals surface area (Å²) in [4.78, 5) is 20.9. The van der Waals surface area contributed by atoms with Crippen molar-refractivity contribution in [2.45, 2.75) is 6.42 Å². The Labute approximate surface area is 103 Å². The van der Waals surface area contributed by atoms with E-state index in [1.54, 1.807) is 6.08 Å². The van der Waals surface area contributed by atoms with E-state index in [-0.39, 0.29) is 18.1 Å². The van der Waals surface area contributed by atoms with E-state index in [1.165, 1.54) is 31.4 Å². The first-order chi connectivity index (χ1) is 8.04. The van der Waals surface area contributed by atoms with Gasteiger partial charge in [-0.1, -0.05) is 23.8 Å². The molecule has 90 valence electrons.